The maximum absolute atomic E-state index is 12.2. The fraction of sp³-hybridized carbons (Fsp3) is 0.217. The van der Waals surface area contributed by atoms with Crippen LogP contribution in [0.3, 0.4) is 0 Å². The van der Waals surface area contributed by atoms with Gasteiger partial charge in [0.15, 0.2) is 0 Å². The summed E-state index contributed by atoms with van der Waals surface area (Å²) in [6.07, 6.45) is 5.31. The van der Waals surface area contributed by atoms with E-state index in [0.29, 0.717) is 13.2 Å². The highest BCUT2D eigenvalue weighted by Gasteiger charge is 2.02. The minimum absolute atomic E-state index is 0.133. The van der Waals surface area contributed by atoms with E-state index in [1.807, 2.05) is 62.4 Å². The Bertz CT molecular complexity index is 943. The fourth-order valence-corrected chi connectivity index (χ4v) is 2.77. The largest absolute Gasteiger partial charge is 0.374 e. The zero-order chi connectivity index (χ0) is 19.1. The van der Waals surface area contributed by atoms with E-state index in [1.165, 1.54) is 0 Å². The van der Waals surface area contributed by atoms with Crippen molar-refractivity contribution in [3.05, 3.63) is 83.6 Å². The lowest BCUT2D eigenvalue weighted by Crippen LogP contribution is -2.20. The van der Waals surface area contributed by atoms with Crippen molar-refractivity contribution in [3.8, 4) is 0 Å². The SMILES string of the molecule is CC(C)OCc1cccc(CNC(=O)/C=C/c2cccc3cccnc23)c1. The van der Waals surface area contributed by atoms with E-state index < -0.39 is 0 Å². The number of aromatic nitrogens is 1. The van der Waals surface area contributed by atoms with Gasteiger partial charge in [-0.25, -0.2) is 0 Å². The summed E-state index contributed by atoms with van der Waals surface area (Å²) >= 11 is 0. The third-order valence-electron chi connectivity index (χ3n) is 4.12. The summed E-state index contributed by atoms with van der Waals surface area (Å²) in [7, 11) is 0. The number of nitrogens with one attached hydrogen (secondary N) is 1. The number of hydrogen-bond acceptors (Lipinski definition) is 3. The molecule has 0 saturated heterocycles. The second-order valence-corrected chi connectivity index (χ2v) is 6.65. The average Bonchev–Trinajstić information content (AvgIpc) is 2.69. The van der Waals surface area contributed by atoms with Crippen molar-refractivity contribution < 1.29 is 9.53 Å². The molecule has 138 valence electrons. The number of ether oxygens (including phenoxy) is 1. The van der Waals surface area contributed by atoms with E-state index >= 15 is 0 Å². The molecule has 27 heavy (non-hydrogen) atoms. The summed E-state index contributed by atoms with van der Waals surface area (Å²) < 4.78 is 5.63. The van der Waals surface area contributed by atoms with Crippen LogP contribution in [-0.4, -0.2) is 17.0 Å². The molecule has 3 rings (SSSR count). The Hall–Kier alpha value is -2.98. The molecule has 2 aromatic carbocycles. The van der Waals surface area contributed by atoms with Crippen molar-refractivity contribution in [2.45, 2.75) is 33.1 Å². The van der Waals surface area contributed by atoms with Crippen LogP contribution in [0, 0.1) is 0 Å². The van der Waals surface area contributed by atoms with Crippen molar-refractivity contribution in [2.24, 2.45) is 0 Å². The number of pyridine rings is 1. The van der Waals surface area contributed by atoms with Gasteiger partial charge < -0.3 is 10.1 Å². The Balaban J connectivity index is 1.59. The molecule has 0 bridgehead atoms. The normalized spacial score (nSPS) is 11.4. The summed E-state index contributed by atoms with van der Waals surface area (Å²) in [5.74, 6) is -0.133. The minimum Gasteiger partial charge on any atom is -0.374 e. The van der Waals surface area contributed by atoms with Crippen LogP contribution in [0.1, 0.15) is 30.5 Å². The van der Waals surface area contributed by atoms with Crippen LogP contribution < -0.4 is 5.32 Å². The first-order chi connectivity index (χ1) is 13.1. The second-order valence-electron chi connectivity index (χ2n) is 6.65. The van der Waals surface area contributed by atoms with Crippen molar-refractivity contribution in [1.29, 1.82) is 0 Å². The number of rotatable bonds is 7. The molecule has 1 heterocycles. The molecule has 1 amide bonds. The van der Waals surface area contributed by atoms with Crippen LogP contribution >= 0.6 is 0 Å². The number of para-hydroxylation sites is 1. The molecule has 0 saturated carbocycles. The van der Waals surface area contributed by atoms with Gasteiger partial charge in [-0.3, -0.25) is 9.78 Å². The lowest BCUT2D eigenvalue weighted by atomic mass is 10.1. The number of carbonyl (C=O) groups excluding carboxylic acids is 1. The van der Waals surface area contributed by atoms with E-state index in [-0.39, 0.29) is 12.0 Å². The molecule has 4 heteroatoms. The van der Waals surface area contributed by atoms with Crippen molar-refractivity contribution in [2.75, 3.05) is 0 Å². The van der Waals surface area contributed by atoms with E-state index in [2.05, 4.69) is 16.4 Å². The lowest BCUT2D eigenvalue weighted by Gasteiger charge is -2.09. The second kappa shape index (κ2) is 9.10. The molecular formula is C23H24N2O2. The third-order valence-corrected chi connectivity index (χ3v) is 4.12. The number of carbonyl (C=O) groups is 1. The molecule has 0 unspecified atom stereocenters. The van der Waals surface area contributed by atoms with Gasteiger partial charge in [0.1, 0.15) is 0 Å². The summed E-state index contributed by atoms with van der Waals surface area (Å²) in [6, 6.07) is 17.9. The van der Waals surface area contributed by atoms with Crippen LogP contribution in [0.4, 0.5) is 0 Å². The van der Waals surface area contributed by atoms with Gasteiger partial charge >= 0.3 is 0 Å². The maximum atomic E-state index is 12.2. The Morgan fingerprint density at radius 1 is 1.11 bits per heavy atom. The van der Waals surface area contributed by atoms with Gasteiger partial charge in [0.25, 0.3) is 0 Å². The highest BCUT2D eigenvalue weighted by atomic mass is 16.5. The summed E-state index contributed by atoms with van der Waals surface area (Å²) in [6.45, 7) is 5.09. The average molecular weight is 360 g/mol. The lowest BCUT2D eigenvalue weighted by molar-refractivity contribution is -0.116. The van der Waals surface area contributed by atoms with Crippen LogP contribution in [0.15, 0.2) is 66.9 Å². The molecule has 0 atom stereocenters. The molecule has 0 fully saturated rings. The Morgan fingerprint density at radius 3 is 2.74 bits per heavy atom. The topological polar surface area (TPSA) is 51.2 Å². The van der Waals surface area contributed by atoms with Gasteiger partial charge in [-0.05, 0) is 37.1 Å². The summed E-state index contributed by atoms with van der Waals surface area (Å²) in [5.41, 5.74) is 3.97. The predicted octanol–water partition coefficient (Wildman–Crippen LogP) is 4.49. The zero-order valence-electron chi connectivity index (χ0n) is 15.7. The van der Waals surface area contributed by atoms with Crippen molar-refractivity contribution in [3.63, 3.8) is 0 Å². The van der Waals surface area contributed by atoms with Crippen LogP contribution in [0.5, 0.6) is 0 Å². The Labute approximate surface area is 159 Å². The molecule has 0 aliphatic heterocycles. The van der Waals surface area contributed by atoms with Gasteiger partial charge in [-0.1, -0.05) is 48.5 Å². The zero-order valence-corrected chi connectivity index (χ0v) is 15.7. The van der Waals surface area contributed by atoms with Gasteiger partial charge in [-0.2, -0.15) is 0 Å². The first-order valence-corrected chi connectivity index (χ1v) is 9.11. The molecule has 0 radical (unpaired) electrons. The minimum atomic E-state index is -0.133. The monoisotopic (exact) mass is 360 g/mol. The van der Waals surface area contributed by atoms with Crippen LogP contribution in [0.2, 0.25) is 0 Å². The predicted molar refractivity (Wildman–Crippen MR) is 109 cm³/mol. The molecule has 4 nitrogen and oxygen atoms in total. The number of fused-ring (bicyclic) bond motifs is 1. The molecule has 0 spiro atoms. The van der Waals surface area contributed by atoms with E-state index in [0.717, 1.165) is 27.6 Å². The van der Waals surface area contributed by atoms with Crippen LogP contribution in [0.25, 0.3) is 17.0 Å². The summed E-state index contributed by atoms with van der Waals surface area (Å²) in [4.78, 5) is 16.6. The van der Waals surface area contributed by atoms with E-state index in [1.54, 1.807) is 18.3 Å². The third kappa shape index (κ3) is 5.50. The number of amides is 1. The van der Waals surface area contributed by atoms with Gasteiger partial charge in [0, 0.05) is 29.8 Å². The number of nitrogens with zero attached hydrogens (tertiary/aromatic N) is 1. The molecule has 1 aromatic heterocycles. The highest BCUT2D eigenvalue weighted by molar-refractivity contribution is 5.95. The van der Waals surface area contributed by atoms with Gasteiger partial charge in [-0.15, -0.1) is 0 Å². The van der Waals surface area contributed by atoms with Crippen LogP contribution in [-0.2, 0) is 22.7 Å². The molecule has 0 aliphatic carbocycles. The molecule has 0 aliphatic rings. The maximum Gasteiger partial charge on any atom is 0.244 e. The molecular weight excluding hydrogens is 336 g/mol. The number of benzene rings is 2. The number of hydrogen-bond donors (Lipinski definition) is 1. The van der Waals surface area contributed by atoms with Gasteiger partial charge in [0.05, 0.1) is 18.2 Å². The van der Waals surface area contributed by atoms with E-state index in [9.17, 15) is 4.79 Å². The smallest absolute Gasteiger partial charge is 0.244 e. The standard InChI is InChI=1S/C23H24N2O2/c1-17(2)27-16-19-7-3-6-18(14-19)15-25-22(26)12-11-21-9-4-8-20-10-5-13-24-23(20)21/h3-14,17H,15-16H2,1-2H3,(H,25,26)/b12-11+. The summed E-state index contributed by atoms with van der Waals surface area (Å²) in [5, 5.41) is 3.98. The fourth-order valence-electron chi connectivity index (χ4n) is 2.77. The first-order valence-electron chi connectivity index (χ1n) is 9.11. The first kappa shape index (κ1) is 18.8. The molecule has 1 N–H and O–H groups in total. The Kier molecular flexibility index (Phi) is 6.34. The highest BCUT2D eigenvalue weighted by Crippen LogP contribution is 2.17. The van der Waals surface area contributed by atoms with E-state index in [4.69, 9.17) is 4.74 Å². The Morgan fingerprint density at radius 2 is 1.89 bits per heavy atom. The quantitative estimate of drug-likeness (QED) is 0.632. The van der Waals surface area contributed by atoms with Crippen molar-refractivity contribution >= 4 is 22.9 Å². The van der Waals surface area contributed by atoms with Crippen molar-refractivity contribution in [1.82, 2.24) is 10.3 Å². The van der Waals surface area contributed by atoms with Gasteiger partial charge in [0.2, 0.25) is 5.91 Å². The molecule has 3 aromatic rings.